The third-order valence-corrected chi connectivity index (χ3v) is 6.65. The molecule has 8 rings (SSSR count). The lowest BCUT2D eigenvalue weighted by Crippen LogP contribution is -2.29. The summed E-state index contributed by atoms with van der Waals surface area (Å²) in [4.78, 5) is 25.7. The van der Waals surface area contributed by atoms with E-state index >= 15 is 0 Å². The monoisotopic (exact) mass is 291 g/mol. The average Bonchev–Trinajstić information content (AvgIpc) is 3.10. The molecule has 6 aliphatic rings. The van der Waals surface area contributed by atoms with Crippen LogP contribution in [0.4, 0.5) is 0 Å². The van der Waals surface area contributed by atoms with Crippen LogP contribution in [0.5, 0.6) is 0 Å². The van der Waals surface area contributed by atoms with Crippen LogP contribution in [0.25, 0.3) is 5.69 Å². The molecule has 2 fully saturated rings. The Morgan fingerprint density at radius 2 is 1.36 bits per heavy atom. The summed E-state index contributed by atoms with van der Waals surface area (Å²) in [6.07, 6.45) is 0.942. The summed E-state index contributed by atoms with van der Waals surface area (Å²) < 4.78 is 4.83. The van der Waals surface area contributed by atoms with E-state index < -0.39 is 0 Å². The average molecular weight is 291 g/mol. The van der Waals surface area contributed by atoms with E-state index in [1.54, 1.807) is 9.36 Å². The van der Waals surface area contributed by atoms with Gasteiger partial charge in [-0.3, -0.25) is 0 Å². The molecule has 5 aliphatic carbocycles. The van der Waals surface area contributed by atoms with Gasteiger partial charge in [0.15, 0.2) is 0 Å². The highest BCUT2D eigenvalue weighted by molar-refractivity contribution is 5.57. The molecule has 5 heteroatoms. The van der Waals surface area contributed by atoms with Crippen LogP contribution in [-0.2, 0) is 0 Å². The van der Waals surface area contributed by atoms with E-state index in [1.165, 1.54) is 15.7 Å². The second-order valence-corrected chi connectivity index (χ2v) is 7.31. The zero-order valence-corrected chi connectivity index (χ0v) is 11.7. The Balaban J connectivity index is 1.51. The molecule has 2 saturated carbocycles. The van der Waals surface area contributed by atoms with Crippen LogP contribution in [0.3, 0.4) is 0 Å². The molecular formula is C17H13N3O2. The topological polar surface area (TPSA) is 48.9 Å². The SMILES string of the molecule is O=c1n(-c2ccccc2)c(=O)n2n1[C@@H]1C[C@H]2C2=C1C1C3C2C13. The highest BCUT2D eigenvalue weighted by atomic mass is 16.2. The number of rotatable bonds is 1. The zero-order valence-electron chi connectivity index (χ0n) is 11.7. The van der Waals surface area contributed by atoms with Crippen LogP contribution in [0.15, 0.2) is 51.1 Å². The first kappa shape index (κ1) is 10.4. The molecule has 0 amide bonds. The highest BCUT2D eigenvalue weighted by Crippen LogP contribution is 2.88. The zero-order chi connectivity index (χ0) is 14.3. The number of hydrogen-bond acceptors (Lipinski definition) is 2. The largest absolute Gasteiger partial charge is 0.352 e. The molecule has 0 N–H and O–H groups in total. The van der Waals surface area contributed by atoms with Gasteiger partial charge in [-0.1, -0.05) is 18.2 Å². The Labute approximate surface area is 125 Å². The van der Waals surface area contributed by atoms with Crippen molar-refractivity contribution in [3.8, 4) is 5.69 Å². The molecule has 5 nitrogen and oxygen atoms in total. The van der Waals surface area contributed by atoms with Crippen molar-refractivity contribution < 1.29 is 0 Å². The van der Waals surface area contributed by atoms with Crippen molar-refractivity contribution in [2.45, 2.75) is 18.5 Å². The van der Waals surface area contributed by atoms with Gasteiger partial charge in [-0.05, 0) is 47.0 Å². The maximum absolute atomic E-state index is 12.9. The third kappa shape index (κ3) is 0.818. The normalized spacial score (nSPS) is 40.7. The van der Waals surface area contributed by atoms with Gasteiger partial charge in [0, 0.05) is 6.42 Å². The molecule has 4 bridgehead atoms. The van der Waals surface area contributed by atoms with Crippen molar-refractivity contribution in [3.63, 3.8) is 0 Å². The van der Waals surface area contributed by atoms with E-state index in [0.717, 1.165) is 30.1 Å². The number of para-hydroxylation sites is 1. The molecule has 1 aromatic heterocycles. The van der Waals surface area contributed by atoms with Gasteiger partial charge >= 0.3 is 11.4 Å². The number of fused-ring (bicyclic) bond motifs is 5. The first-order chi connectivity index (χ1) is 10.8. The van der Waals surface area contributed by atoms with Crippen molar-refractivity contribution in [2.24, 2.45) is 23.7 Å². The molecule has 2 aromatic rings. The molecule has 4 atom stereocenters. The predicted molar refractivity (Wildman–Crippen MR) is 78.0 cm³/mol. The van der Waals surface area contributed by atoms with Gasteiger partial charge in [0.05, 0.1) is 17.8 Å². The van der Waals surface area contributed by atoms with Crippen LogP contribution in [0, 0.1) is 23.7 Å². The summed E-state index contributed by atoms with van der Waals surface area (Å²) in [7, 11) is 0. The minimum Gasteiger partial charge on any atom is -0.245 e. The smallest absolute Gasteiger partial charge is 0.245 e. The number of hydrogen-bond donors (Lipinski definition) is 0. The van der Waals surface area contributed by atoms with Gasteiger partial charge in [-0.25, -0.2) is 23.5 Å². The summed E-state index contributed by atoms with van der Waals surface area (Å²) in [5.41, 5.74) is 3.40. The molecular weight excluding hydrogens is 278 g/mol. The van der Waals surface area contributed by atoms with E-state index in [0.29, 0.717) is 5.69 Å². The molecule has 0 radical (unpaired) electrons. The van der Waals surface area contributed by atoms with Gasteiger partial charge in [0.1, 0.15) is 0 Å². The lowest BCUT2D eigenvalue weighted by atomic mass is 10.00. The number of nitrogens with zero attached hydrogens (tertiary/aromatic N) is 3. The van der Waals surface area contributed by atoms with E-state index in [-0.39, 0.29) is 23.5 Å². The second-order valence-electron chi connectivity index (χ2n) is 7.31. The third-order valence-electron chi connectivity index (χ3n) is 6.65. The lowest BCUT2D eigenvalue weighted by Gasteiger charge is -2.17. The Morgan fingerprint density at radius 3 is 1.91 bits per heavy atom. The van der Waals surface area contributed by atoms with Crippen molar-refractivity contribution in [1.29, 1.82) is 0 Å². The minimum atomic E-state index is -0.172. The van der Waals surface area contributed by atoms with Crippen LogP contribution >= 0.6 is 0 Å². The van der Waals surface area contributed by atoms with E-state index in [9.17, 15) is 9.59 Å². The second kappa shape index (κ2) is 2.81. The number of allylic oxidation sites excluding steroid dienone is 2. The predicted octanol–water partition coefficient (Wildman–Crippen LogP) is 1.10. The molecule has 108 valence electrons. The standard InChI is InChI=1S/C17H13N3O2/c21-16-18(7-4-2-1-3-5-7)17(22)20-9-6-8(19(16)20)10-11(9)13-14-12(10)15(13)14/h1-5,8-9,12-15H,6H2/t8-,9+,12?,13?,14?,15?. The Bertz CT molecular complexity index is 969. The lowest BCUT2D eigenvalue weighted by molar-refractivity contribution is 0.475. The molecule has 0 spiro atoms. The molecule has 2 heterocycles. The van der Waals surface area contributed by atoms with Gasteiger partial charge in [0.2, 0.25) is 0 Å². The number of benzene rings is 1. The van der Waals surface area contributed by atoms with Crippen LogP contribution in [0.2, 0.25) is 0 Å². The molecule has 0 saturated heterocycles. The molecule has 1 aromatic carbocycles. The quantitative estimate of drug-likeness (QED) is 0.739. The fraction of sp³-hybridized carbons (Fsp3) is 0.412. The van der Waals surface area contributed by atoms with Crippen LogP contribution < -0.4 is 11.4 Å². The molecule has 22 heavy (non-hydrogen) atoms. The van der Waals surface area contributed by atoms with Gasteiger partial charge in [-0.2, -0.15) is 0 Å². The summed E-state index contributed by atoms with van der Waals surface area (Å²) in [6, 6.07) is 9.59. The molecule has 1 aliphatic heterocycles. The Kier molecular flexibility index (Phi) is 1.33. The fourth-order valence-corrected chi connectivity index (χ4v) is 5.83. The maximum atomic E-state index is 12.9. The summed E-state index contributed by atoms with van der Waals surface area (Å²) in [5, 5.41) is 0. The van der Waals surface area contributed by atoms with Crippen molar-refractivity contribution >= 4 is 0 Å². The summed E-state index contributed by atoms with van der Waals surface area (Å²) in [5.74, 6) is 3.33. The summed E-state index contributed by atoms with van der Waals surface area (Å²) >= 11 is 0. The van der Waals surface area contributed by atoms with Gasteiger partial charge in [-0.15, -0.1) is 0 Å². The first-order valence-electron chi connectivity index (χ1n) is 8.04. The highest BCUT2D eigenvalue weighted by Gasteiger charge is 2.83. The van der Waals surface area contributed by atoms with Crippen molar-refractivity contribution in [1.82, 2.24) is 13.9 Å². The molecule has 2 unspecified atom stereocenters. The minimum absolute atomic E-state index is 0.162. The Morgan fingerprint density at radius 1 is 0.818 bits per heavy atom. The van der Waals surface area contributed by atoms with E-state index in [1.807, 2.05) is 30.3 Å². The number of aromatic nitrogens is 3. The fourth-order valence-electron chi connectivity index (χ4n) is 5.83. The van der Waals surface area contributed by atoms with E-state index in [2.05, 4.69) is 0 Å². The first-order valence-corrected chi connectivity index (χ1v) is 8.04. The Hall–Kier alpha value is -2.30. The van der Waals surface area contributed by atoms with Crippen LogP contribution in [-0.4, -0.2) is 13.9 Å². The van der Waals surface area contributed by atoms with Crippen molar-refractivity contribution in [3.05, 3.63) is 62.4 Å². The van der Waals surface area contributed by atoms with Crippen LogP contribution in [0.1, 0.15) is 18.5 Å². The van der Waals surface area contributed by atoms with Gasteiger partial charge in [0.25, 0.3) is 0 Å². The van der Waals surface area contributed by atoms with Gasteiger partial charge < -0.3 is 0 Å². The summed E-state index contributed by atoms with van der Waals surface area (Å²) in [6.45, 7) is 0. The van der Waals surface area contributed by atoms with E-state index in [4.69, 9.17) is 0 Å². The maximum Gasteiger partial charge on any atom is 0.352 e. The van der Waals surface area contributed by atoms with Crippen molar-refractivity contribution in [2.75, 3.05) is 0 Å².